The number of rotatable bonds is 8. The van der Waals surface area contributed by atoms with Gasteiger partial charge in [-0.3, -0.25) is 9.98 Å². The van der Waals surface area contributed by atoms with Crippen LogP contribution in [-0.4, -0.2) is 37.7 Å². The summed E-state index contributed by atoms with van der Waals surface area (Å²) in [4.78, 5) is 8.65. The van der Waals surface area contributed by atoms with E-state index >= 15 is 0 Å². The summed E-state index contributed by atoms with van der Waals surface area (Å²) in [5.41, 5.74) is 2.16. The number of ether oxygens (including phenoxy) is 2. The second-order valence-corrected chi connectivity index (χ2v) is 6.92. The van der Waals surface area contributed by atoms with Crippen LogP contribution in [0.15, 0.2) is 47.6 Å². The van der Waals surface area contributed by atoms with Gasteiger partial charge in [0.25, 0.3) is 0 Å². The first-order valence-electron chi connectivity index (χ1n) is 9.96. The summed E-state index contributed by atoms with van der Waals surface area (Å²) >= 11 is 0. The van der Waals surface area contributed by atoms with Crippen molar-refractivity contribution in [2.24, 2.45) is 4.99 Å². The summed E-state index contributed by atoms with van der Waals surface area (Å²) in [7, 11) is 3.46. The van der Waals surface area contributed by atoms with Crippen LogP contribution in [0.25, 0.3) is 0 Å². The first kappa shape index (κ1) is 20.0. The fourth-order valence-electron chi connectivity index (χ4n) is 3.36. The summed E-state index contributed by atoms with van der Waals surface area (Å²) in [5, 5.41) is 6.71. The molecule has 150 valence electrons. The lowest BCUT2D eigenvalue weighted by molar-refractivity contribution is 0.207. The number of hydrogen-bond donors (Lipinski definition) is 2. The van der Waals surface area contributed by atoms with E-state index in [0.29, 0.717) is 12.6 Å². The maximum absolute atomic E-state index is 6.27. The molecule has 0 aliphatic heterocycles. The van der Waals surface area contributed by atoms with Crippen molar-refractivity contribution in [3.05, 3.63) is 53.9 Å². The van der Waals surface area contributed by atoms with Gasteiger partial charge in [-0.15, -0.1) is 0 Å². The summed E-state index contributed by atoms with van der Waals surface area (Å²) in [6.45, 7) is 1.40. The first-order chi connectivity index (χ1) is 13.8. The van der Waals surface area contributed by atoms with Crippen molar-refractivity contribution < 1.29 is 9.47 Å². The summed E-state index contributed by atoms with van der Waals surface area (Å²) in [6, 6.07) is 12.0. The number of aromatic nitrogens is 1. The highest BCUT2D eigenvalue weighted by molar-refractivity contribution is 5.79. The molecule has 1 fully saturated rings. The molecule has 1 saturated carbocycles. The molecule has 1 heterocycles. The van der Waals surface area contributed by atoms with Crippen LogP contribution in [0.2, 0.25) is 0 Å². The van der Waals surface area contributed by atoms with E-state index in [0.717, 1.165) is 54.5 Å². The van der Waals surface area contributed by atoms with E-state index < -0.39 is 0 Å². The lowest BCUT2D eigenvalue weighted by Gasteiger charge is -2.19. The Morgan fingerprint density at radius 2 is 2.04 bits per heavy atom. The number of hydrogen-bond acceptors (Lipinski definition) is 4. The fourth-order valence-corrected chi connectivity index (χ4v) is 3.36. The number of aliphatic imine (C=N–C) groups is 1. The standard InChI is InChI=1S/C22H30N4O2/c1-23-22(25-14-12-18-7-5-6-13-24-18)26-16-17-10-11-20(27-2)15-21(17)28-19-8-3-4-9-19/h5-7,10-11,13,15,19H,3-4,8-9,12,14,16H2,1-2H3,(H2,23,25,26). The van der Waals surface area contributed by atoms with Crippen LogP contribution in [-0.2, 0) is 13.0 Å². The highest BCUT2D eigenvalue weighted by Gasteiger charge is 2.18. The largest absolute Gasteiger partial charge is 0.497 e. The molecule has 1 aromatic heterocycles. The van der Waals surface area contributed by atoms with Crippen molar-refractivity contribution in [1.29, 1.82) is 0 Å². The molecule has 6 heteroatoms. The topological polar surface area (TPSA) is 67.8 Å². The first-order valence-corrected chi connectivity index (χ1v) is 9.96. The molecule has 0 atom stereocenters. The third-order valence-corrected chi connectivity index (χ3v) is 4.94. The Morgan fingerprint density at radius 3 is 2.75 bits per heavy atom. The quantitative estimate of drug-likeness (QED) is 0.541. The van der Waals surface area contributed by atoms with Crippen molar-refractivity contribution in [3.63, 3.8) is 0 Å². The number of nitrogens with zero attached hydrogens (tertiary/aromatic N) is 2. The summed E-state index contributed by atoms with van der Waals surface area (Å²) in [5.74, 6) is 2.47. The van der Waals surface area contributed by atoms with Crippen LogP contribution >= 0.6 is 0 Å². The van der Waals surface area contributed by atoms with E-state index in [9.17, 15) is 0 Å². The SMILES string of the molecule is CN=C(NCCc1ccccn1)NCc1ccc(OC)cc1OC1CCCC1. The second-order valence-electron chi connectivity index (χ2n) is 6.92. The summed E-state index contributed by atoms with van der Waals surface area (Å²) in [6.07, 6.45) is 7.71. The molecule has 1 aliphatic carbocycles. The smallest absolute Gasteiger partial charge is 0.191 e. The Kier molecular flexibility index (Phi) is 7.53. The van der Waals surface area contributed by atoms with Crippen molar-refractivity contribution in [2.45, 2.75) is 44.8 Å². The van der Waals surface area contributed by atoms with Crippen molar-refractivity contribution in [3.8, 4) is 11.5 Å². The van der Waals surface area contributed by atoms with Gasteiger partial charge in [-0.1, -0.05) is 6.07 Å². The molecule has 0 unspecified atom stereocenters. The second kappa shape index (κ2) is 10.5. The average molecular weight is 383 g/mol. The van der Waals surface area contributed by atoms with Gasteiger partial charge in [0, 0.05) is 50.1 Å². The molecule has 28 heavy (non-hydrogen) atoms. The van der Waals surface area contributed by atoms with Crippen LogP contribution in [0.5, 0.6) is 11.5 Å². The van der Waals surface area contributed by atoms with Gasteiger partial charge in [0.1, 0.15) is 11.5 Å². The van der Waals surface area contributed by atoms with Crippen LogP contribution < -0.4 is 20.1 Å². The normalized spacial score (nSPS) is 14.7. The van der Waals surface area contributed by atoms with Gasteiger partial charge in [0.2, 0.25) is 0 Å². The Morgan fingerprint density at radius 1 is 1.18 bits per heavy atom. The van der Waals surface area contributed by atoms with Gasteiger partial charge < -0.3 is 20.1 Å². The zero-order chi connectivity index (χ0) is 19.6. The zero-order valence-electron chi connectivity index (χ0n) is 16.8. The Bertz CT molecular complexity index is 758. The molecule has 2 N–H and O–H groups in total. The number of pyridine rings is 1. The average Bonchev–Trinajstić information content (AvgIpc) is 3.25. The fraction of sp³-hybridized carbons (Fsp3) is 0.455. The maximum atomic E-state index is 6.27. The Labute approximate surface area is 167 Å². The molecule has 0 saturated heterocycles. The number of benzene rings is 1. The minimum Gasteiger partial charge on any atom is -0.497 e. The molecule has 2 aromatic rings. The van der Waals surface area contributed by atoms with Gasteiger partial charge in [-0.2, -0.15) is 0 Å². The molecule has 0 radical (unpaired) electrons. The van der Waals surface area contributed by atoms with E-state index in [1.165, 1.54) is 12.8 Å². The monoisotopic (exact) mass is 382 g/mol. The van der Waals surface area contributed by atoms with E-state index in [1.54, 1.807) is 14.2 Å². The van der Waals surface area contributed by atoms with E-state index in [-0.39, 0.29) is 0 Å². The molecule has 0 amide bonds. The lowest BCUT2D eigenvalue weighted by Crippen LogP contribution is -2.38. The predicted molar refractivity (Wildman–Crippen MR) is 112 cm³/mol. The van der Waals surface area contributed by atoms with Crippen LogP contribution in [0.4, 0.5) is 0 Å². The third kappa shape index (κ3) is 5.87. The molecular formula is C22H30N4O2. The molecule has 1 aliphatic rings. The van der Waals surface area contributed by atoms with Gasteiger partial charge in [-0.25, -0.2) is 0 Å². The van der Waals surface area contributed by atoms with Crippen molar-refractivity contribution in [1.82, 2.24) is 15.6 Å². The zero-order valence-corrected chi connectivity index (χ0v) is 16.8. The van der Waals surface area contributed by atoms with Crippen LogP contribution in [0.1, 0.15) is 36.9 Å². The van der Waals surface area contributed by atoms with Crippen molar-refractivity contribution in [2.75, 3.05) is 20.7 Å². The highest BCUT2D eigenvalue weighted by atomic mass is 16.5. The van der Waals surface area contributed by atoms with Crippen LogP contribution in [0, 0.1) is 0 Å². The van der Waals surface area contributed by atoms with Gasteiger partial charge in [0.15, 0.2) is 5.96 Å². The Hall–Kier alpha value is -2.76. The van der Waals surface area contributed by atoms with E-state index in [1.807, 2.05) is 36.5 Å². The minimum atomic E-state index is 0.307. The number of nitrogens with one attached hydrogen (secondary N) is 2. The Balaban J connectivity index is 1.55. The molecule has 3 rings (SSSR count). The lowest BCUT2D eigenvalue weighted by atomic mass is 10.2. The molecule has 0 spiro atoms. The van der Waals surface area contributed by atoms with Gasteiger partial charge in [0.05, 0.1) is 13.2 Å². The van der Waals surface area contributed by atoms with E-state index in [4.69, 9.17) is 9.47 Å². The minimum absolute atomic E-state index is 0.307. The molecule has 0 bridgehead atoms. The third-order valence-electron chi connectivity index (χ3n) is 4.94. The van der Waals surface area contributed by atoms with Gasteiger partial charge in [-0.05, 0) is 49.9 Å². The number of methoxy groups -OCH3 is 1. The van der Waals surface area contributed by atoms with Crippen molar-refractivity contribution >= 4 is 5.96 Å². The van der Waals surface area contributed by atoms with E-state index in [2.05, 4.69) is 26.7 Å². The predicted octanol–water partition coefficient (Wildman–Crippen LogP) is 3.32. The molecule has 6 nitrogen and oxygen atoms in total. The number of guanidine groups is 1. The van der Waals surface area contributed by atoms with Crippen LogP contribution in [0.3, 0.4) is 0 Å². The maximum Gasteiger partial charge on any atom is 0.191 e. The van der Waals surface area contributed by atoms with Gasteiger partial charge >= 0.3 is 0 Å². The summed E-state index contributed by atoms with van der Waals surface area (Å²) < 4.78 is 11.6. The molecular weight excluding hydrogens is 352 g/mol. The highest BCUT2D eigenvalue weighted by Crippen LogP contribution is 2.29. The molecule has 1 aromatic carbocycles.